The SMILES string of the molecule is CC1(C)OB(C(=Cc2ccc3ocnc3c2)CN)OC1(C)C. The zero-order valence-electron chi connectivity index (χ0n) is 13.4. The maximum Gasteiger partial charge on any atom is 0.491 e. The molecular formula is C16H21BN2O3. The lowest BCUT2D eigenvalue weighted by Gasteiger charge is -2.32. The Morgan fingerprint density at radius 3 is 2.55 bits per heavy atom. The van der Waals surface area contributed by atoms with Crippen LogP contribution in [-0.2, 0) is 9.31 Å². The fourth-order valence-corrected chi connectivity index (χ4v) is 2.40. The molecule has 0 amide bonds. The molecule has 0 bridgehead atoms. The van der Waals surface area contributed by atoms with E-state index in [-0.39, 0.29) is 11.2 Å². The highest BCUT2D eigenvalue weighted by Crippen LogP contribution is 2.38. The number of benzene rings is 1. The first-order valence-corrected chi connectivity index (χ1v) is 7.42. The Bertz CT molecular complexity index is 705. The van der Waals surface area contributed by atoms with Crippen molar-refractivity contribution >= 4 is 24.3 Å². The third-order valence-corrected chi connectivity index (χ3v) is 4.50. The van der Waals surface area contributed by atoms with E-state index < -0.39 is 7.12 Å². The van der Waals surface area contributed by atoms with Crippen molar-refractivity contribution in [1.29, 1.82) is 0 Å². The molecule has 0 aliphatic carbocycles. The van der Waals surface area contributed by atoms with E-state index >= 15 is 0 Å². The van der Waals surface area contributed by atoms with E-state index in [4.69, 9.17) is 19.5 Å². The summed E-state index contributed by atoms with van der Waals surface area (Å²) in [7, 11) is -0.428. The van der Waals surface area contributed by atoms with E-state index in [2.05, 4.69) is 4.98 Å². The standard InChI is InChI=1S/C16H21BN2O3/c1-15(2)16(3,4)22-17(21-15)12(9-18)7-11-5-6-14-13(8-11)19-10-20-14/h5-8,10H,9,18H2,1-4H3. The van der Waals surface area contributed by atoms with Crippen molar-refractivity contribution in [1.82, 2.24) is 4.98 Å². The Hall–Kier alpha value is -1.63. The van der Waals surface area contributed by atoms with Crippen LogP contribution in [0.5, 0.6) is 0 Å². The predicted octanol–water partition coefficient (Wildman–Crippen LogP) is 2.80. The van der Waals surface area contributed by atoms with E-state index in [0.717, 1.165) is 22.1 Å². The van der Waals surface area contributed by atoms with Gasteiger partial charge >= 0.3 is 7.12 Å². The fraction of sp³-hybridized carbons (Fsp3) is 0.438. The van der Waals surface area contributed by atoms with Gasteiger partial charge in [0.1, 0.15) is 5.52 Å². The van der Waals surface area contributed by atoms with Gasteiger partial charge in [0.15, 0.2) is 12.0 Å². The second-order valence-electron chi connectivity index (χ2n) is 6.59. The van der Waals surface area contributed by atoms with Crippen molar-refractivity contribution in [3.8, 4) is 0 Å². The van der Waals surface area contributed by atoms with E-state index in [1.807, 2.05) is 52.0 Å². The molecule has 2 heterocycles. The molecule has 0 atom stereocenters. The smallest absolute Gasteiger partial charge is 0.443 e. The lowest BCUT2D eigenvalue weighted by molar-refractivity contribution is 0.00578. The lowest BCUT2D eigenvalue weighted by atomic mass is 9.77. The molecular weight excluding hydrogens is 279 g/mol. The van der Waals surface area contributed by atoms with Gasteiger partial charge in [0, 0.05) is 6.54 Å². The van der Waals surface area contributed by atoms with Gasteiger partial charge in [0.2, 0.25) is 0 Å². The number of oxazole rings is 1. The predicted molar refractivity (Wildman–Crippen MR) is 87.1 cm³/mol. The van der Waals surface area contributed by atoms with E-state index in [1.165, 1.54) is 6.39 Å². The van der Waals surface area contributed by atoms with Crippen LogP contribution in [0.15, 0.2) is 34.5 Å². The molecule has 1 aliphatic rings. The highest BCUT2D eigenvalue weighted by atomic mass is 16.7. The maximum atomic E-state index is 6.06. The Balaban J connectivity index is 1.90. The van der Waals surface area contributed by atoms with Crippen LogP contribution in [0.4, 0.5) is 0 Å². The molecule has 1 saturated heterocycles. The summed E-state index contributed by atoms with van der Waals surface area (Å²) < 4.78 is 17.4. The number of hydrogen-bond acceptors (Lipinski definition) is 5. The summed E-state index contributed by atoms with van der Waals surface area (Å²) in [5, 5.41) is 0. The van der Waals surface area contributed by atoms with Gasteiger partial charge in [0.25, 0.3) is 0 Å². The number of rotatable bonds is 3. The van der Waals surface area contributed by atoms with Gasteiger partial charge in [-0.15, -0.1) is 0 Å². The van der Waals surface area contributed by atoms with Crippen molar-refractivity contribution in [2.45, 2.75) is 38.9 Å². The summed E-state index contributed by atoms with van der Waals surface area (Å²) in [6.45, 7) is 8.49. The van der Waals surface area contributed by atoms with Crippen LogP contribution < -0.4 is 5.73 Å². The lowest BCUT2D eigenvalue weighted by Crippen LogP contribution is -2.41. The summed E-state index contributed by atoms with van der Waals surface area (Å²) in [5.41, 5.74) is 8.65. The molecule has 0 saturated carbocycles. The van der Waals surface area contributed by atoms with Crippen molar-refractivity contribution in [3.63, 3.8) is 0 Å². The minimum Gasteiger partial charge on any atom is -0.443 e. The summed E-state index contributed by atoms with van der Waals surface area (Å²) in [6, 6.07) is 5.82. The molecule has 5 nitrogen and oxygen atoms in total. The Labute approximate surface area is 130 Å². The number of hydrogen-bond donors (Lipinski definition) is 1. The van der Waals surface area contributed by atoms with Crippen LogP contribution in [0.3, 0.4) is 0 Å². The van der Waals surface area contributed by atoms with Gasteiger partial charge in [-0.3, -0.25) is 0 Å². The minimum atomic E-state index is -0.428. The van der Waals surface area contributed by atoms with E-state index in [9.17, 15) is 0 Å². The molecule has 1 fully saturated rings. The van der Waals surface area contributed by atoms with E-state index in [0.29, 0.717) is 6.54 Å². The second-order valence-corrected chi connectivity index (χ2v) is 6.59. The van der Waals surface area contributed by atoms with Gasteiger partial charge < -0.3 is 19.5 Å². The largest absolute Gasteiger partial charge is 0.491 e. The average Bonchev–Trinajstić information content (AvgIpc) is 2.98. The number of fused-ring (bicyclic) bond motifs is 1. The molecule has 22 heavy (non-hydrogen) atoms. The average molecular weight is 300 g/mol. The van der Waals surface area contributed by atoms with Crippen molar-refractivity contribution < 1.29 is 13.7 Å². The van der Waals surface area contributed by atoms with Crippen molar-refractivity contribution in [2.75, 3.05) is 6.54 Å². The summed E-state index contributed by atoms with van der Waals surface area (Å²) >= 11 is 0. The molecule has 1 aliphatic heterocycles. The molecule has 116 valence electrons. The first-order chi connectivity index (χ1) is 10.3. The molecule has 0 radical (unpaired) electrons. The van der Waals surface area contributed by atoms with Crippen LogP contribution in [0.25, 0.3) is 17.2 Å². The third-order valence-electron chi connectivity index (χ3n) is 4.50. The van der Waals surface area contributed by atoms with Crippen LogP contribution in [0.1, 0.15) is 33.3 Å². The summed E-state index contributed by atoms with van der Waals surface area (Å²) in [6.07, 6.45) is 3.44. The monoisotopic (exact) mass is 300 g/mol. The molecule has 6 heteroatoms. The number of nitrogens with zero attached hydrogens (tertiary/aromatic N) is 1. The van der Waals surface area contributed by atoms with Crippen LogP contribution >= 0.6 is 0 Å². The first kappa shape index (κ1) is 15.3. The minimum absolute atomic E-state index is 0.369. The molecule has 1 aromatic heterocycles. The highest BCUT2D eigenvalue weighted by Gasteiger charge is 2.52. The fourth-order valence-electron chi connectivity index (χ4n) is 2.40. The third kappa shape index (κ3) is 2.58. The molecule has 0 unspecified atom stereocenters. The zero-order valence-corrected chi connectivity index (χ0v) is 13.4. The van der Waals surface area contributed by atoms with Crippen LogP contribution in [-0.4, -0.2) is 29.8 Å². The molecule has 0 spiro atoms. The summed E-state index contributed by atoms with van der Waals surface area (Å²) in [4.78, 5) is 4.17. The quantitative estimate of drug-likeness (QED) is 0.883. The van der Waals surface area contributed by atoms with Gasteiger partial charge in [-0.1, -0.05) is 12.1 Å². The van der Waals surface area contributed by atoms with Crippen LogP contribution in [0.2, 0.25) is 0 Å². The van der Waals surface area contributed by atoms with Gasteiger partial charge in [-0.2, -0.15) is 0 Å². The molecule has 2 aromatic rings. The van der Waals surface area contributed by atoms with Gasteiger partial charge in [0.05, 0.1) is 11.2 Å². The number of aromatic nitrogens is 1. The molecule has 3 rings (SSSR count). The topological polar surface area (TPSA) is 70.5 Å². The van der Waals surface area contributed by atoms with Crippen molar-refractivity contribution in [3.05, 3.63) is 35.6 Å². The highest BCUT2D eigenvalue weighted by molar-refractivity contribution is 6.55. The van der Waals surface area contributed by atoms with E-state index in [1.54, 1.807) is 0 Å². The molecule has 1 aromatic carbocycles. The Morgan fingerprint density at radius 2 is 1.91 bits per heavy atom. The maximum absolute atomic E-state index is 6.06. The summed E-state index contributed by atoms with van der Waals surface area (Å²) in [5.74, 6) is 0. The zero-order chi connectivity index (χ0) is 16.0. The Morgan fingerprint density at radius 1 is 1.23 bits per heavy atom. The van der Waals surface area contributed by atoms with Crippen molar-refractivity contribution in [2.24, 2.45) is 5.73 Å². The first-order valence-electron chi connectivity index (χ1n) is 7.42. The molecule has 2 N–H and O–H groups in total. The van der Waals surface area contributed by atoms with Gasteiger partial charge in [-0.05, 0) is 50.9 Å². The normalized spacial score (nSPS) is 20.8. The Kier molecular flexibility index (Phi) is 3.63. The van der Waals surface area contributed by atoms with Gasteiger partial charge in [-0.25, -0.2) is 4.98 Å². The van der Waals surface area contributed by atoms with Crippen LogP contribution in [0, 0.1) is 0 Å². The number of nitrogens with two attached hydrogens (primary N) is 1. The second kappa shape index (κ2) is 5.23.